The number of halogens is 1. The van der Waals surface area contributed by atoms with Gasteiger partial charge < -0.3 is 0 Å². The summed E-state index contributed by atoms with van der Waals surface area (Å²) in [4.78, 5) is 29.0. The molecule has 0 spiro atoms. The van der Waals surface area contributed by atoms with Crippen LogP contribution >= 0.6 is 15.9 Å². The Morgan fingerprint density at radius 2 is 1.72 bits per heavy atom. The van der Waals surface area contributed by atoms with Gasteiger partial charge in [-0.05, 0) is 50.1 Å². The van der Waals surface area contributed by atoms with E-state index in [0.29, 0.717) is 29.6 Å². The fourth-order valence-electron chi connectivity index (χ4n) is 3.24. The van der Waals surface area contributed by atoms with Crippen molar-refractivity contribution in [1.29, 1.82) is 0 Å². The molecule has 4 aromatic rings. The molecule has 0 atom stereocenters. The van der Waals surface area contributed by atoms with Gasteiger partial charge in [0.25, 0.3) is 5.56 Å². The van der Waals surface area contributed by atoms with E-state index in [0.717, 1.165) is 32.2 Å². The number of hydrogen-bond acceptors (Lipinski definition) is 5. The van der Waals surface area contributed by atoms with E-state index in [-0.39, 0.29) is 5.56 Å². The first-order chi connectivity index (χ1) is 13.9. The predicted octanol–water partition coefficient (Wildman–Crippen LogP) is 4.74. The Morgan fingerprint density at radius 1 is 0.966 bits per heavy atom. The first-order valence-electron chi connectivity index (χ1n) is 9.25. The zero-order valence-corrected chi connectivity index (χ0v) is 18.0. The molecular formula is C22H20BrN5O. The molecule has 0 amide bonds. The number of nitrogens with one attached hydrogen (secondary N) is 2. The molecule has 0 radical (unpaired) electrons. The van der Waals surface area contributed by atoms with Gasteiger partial charge >= 0.3 is 0 Å². The van der Waals surface area contributed by atoms with E-state index in [2.05, 4.69) is 41.2 Å². The lowest BCUT2D eigenvalue weighted by atomic mass is 10.1. The summed E-state index contributed by atoms with van der Waals surface area (Å²) in [5.74, 6) is 0.738. The van der Waals surface area contributed by atoms with Gasteiger partial charge in [0, 0.05) is 21.8 Å². The molecular weight excluding hydrogens is 430 g/mol. The van der Waals surface area contributed by atoms with Crippen molar-refractivity contribution in [3.63, 3.8) is 0 Å². The van der Waals surface area contributed by atoms with Crippen molar-refractivity contribution in [3.8, 4) is 0 Å². The van der Waals surface area contributed by atoms with Crippen molar-refractivity contribution >= 4 is 38.7 Å². The second kappa shape index (κ2) is 7.75. The van der Waals surface area contributed by atoms with E-state index in [1.807, 2.05) is 63.2 Å². The molecule has 0 aliphatic carbocycles. The molecule has 7 heteroatoms. The van der Waals surface area contributed by atoms with Crippen LogP contribution in [0.25, 0.3) is 10.9 Å². The summed E-state index contributed by atoms with van der Waals surface area (Å²) in [7, 11) is 0. The Bertz CT molecular complexity index is 1260. The fourth-order valence-corrected chi connectivity index (χ4v) is 3.51. The standard InChI is InChI=1S/C22H20BrN5O/c1-12-4-9-17-13(2)24-21(26-19(17)10-12)28-22-25-14(3)18(20(29)27-22)11-15-5-7-16(23)8-6-15/h4-10H,11H2,1-3H3,(H2,24,25,26,27,28,29). The largest absolute Gasteiger partial charge is 0.294 e. The molecule has 0 aliphatic heterocycles. The molecule has 2 aromatic carbocycles. The van der Waals surface area contributed by atoms with E-state index in [4.69, 9.17) is 0 Å². The summed E-state index contributed by atoms with van der Waals surface area (Å²) in [5, 5.41) is 4.04. The minimum Gasteiger partial charge on any atom is -0.294 e. The van der Waals surface area contributed by atoms with Gasteiger partial charge in [-0.1, -0.05) is 40.2 Å². The minimum absolute atomic E-state index is 0.170. The second-order valence-corrected chi connectivity index (χ2v) is 7.98. The van der Waals surface area contributed by atoms with Crippen molar-refractivity contribution in [1.82, 2.24) is 19.9 Å². The quantitative estimate of drug-likeness (QED) is 0.470. The Balaban J connectivity index is 1.64. The molecule has 146 valence electrons. The lowest BCUT2D eigenvalue weighted by Gasteiger charge is -2.10. The lowest BCUT2D eigenvalue weighted by Crippen LogP contribution is -2.19. The molecule has 2 N–H and O–H groups in total. The first kappa shape index (κ1) is 19.3. The van der Waals surface area contributed by atoms with Gasteiger partial charge in [-0.15, -0.1) is 0 Å². The zero-order chi connectivity index (χ0) is 20.5. The van der Waals surface area contributed by atoms with Gasteiger partial charge in [-0.2, -0.15) is 0 Å². The smallest absolute Gasteiger partial charge is 0.256 e. The number of hydrogen-bond donors (Lipinski definition) is 2. The highest BCUT2D eigenvalue weighted by Gasteiger charge is 2.11. The van der Waals surface area contributed by atoms with Crippen molar-refractivity contribution in [2.45, 2.75) is 27.2 Å². The van der Waals surface area contributed by atoms with Crippen LogP contribution < -0.4 is 10.9 Å². The van der Waals surface area contributed by atoms with E-state index < -0.39 is 0 Å². The molecule has 2 aromatic heterocycles. The van der Waals surface area contributed by atoms with Crippen molar-refractivity contribution in [2.24, 2.45) is 0 Å². The number of rotatable bonds is 4. The Hall–Kier alpha value is -3.06. The van der Waals surface area contributed by atoms with Crippen LogP contribution in [0.4, 0.5) is 11.9 Å². The van der Waals surface area contributed by atoms with Crippen LogP contribution in [0.2, 0.25) is 0 Å². The third-order valence-electron chi connectivity index (χ3n) is 4.79. The number of fused-ring (bicyclic) bond motifs is 1. The summed E-state index contributed by atoms with van der Waals surface area (Å²) >= 11 is 3.42. The molecule has 6 nitrogen and oxygen atoms in total. The third kappa shape index (κ3) is 4.19. The Kier molecular flexibility index (Phi) is 5.15. The number of aromatic nitrogens is 4. The minimum atomic E-state index is -0.170. The molecule has 0 fully saturated rings. The zero-order valence-electron chi connectivity index (χ0n) is 16.4. The average Bonchev–Trinajstić information content (AvgIpc) is 2.66. The number of anilines is 2. The first-order valence-corrected chi connectivity index (χ1v) is 10.0. The summed E-state index contributed by atoms with van der Waals surface area (Å²) in [5.41, 5.74) is 5.04. The molecule has 0 aliphatic rings. The molecule has 0 saturated carbocycles. The second-order valence-electron chi connectivity index (χ2n) is 7.06. The highest BCUT2D eigenvalue weighted by atomic mass is 79.9. The third-order valence-corrected chi connectivity index (χ3v) is 5.32. The maximum Gasteiger partial charge on any atom is 0.256 e. The van der Waals surface area contributed by atoms with Gasteiger partial charge in [0.1, 0.15) is 0 Å². The molecule has 2 heterocycles. The van der Waals surface area contributed by atoms with Gasteiger partial charge in [-0.3, -0.25) is 15.1 Å². The molecule has 29 heavy (non-hydrogen) atoms. The van der Waals surface area contributed by atoms with Crippen LogP contribution in [-0.4, -0.2) is 19.9 Å². The number of nitrogens with zero attached hydrogens (tertiary/aromatic N) is 3. The van der Waals surface area contributed by atoms with Crippen molar-refractivity contribution in [2.75, 3.05) is 5.32 Å². The fraction of sp³-hybridized carbons (Fsp3) is 0.182. The van der Waals surface area contributed by atoms with Crippen LogP contribution in [0, 0.1) is 20.8 Å². The molecule has 0 saturated heterocycles. The van der Waals surface area contributed by atoms with Crippen LogP contribution in [0.3, 0.4) is 0 Å². The van der Waals surface area contributed by atoms with Gasteiger partial charge in [0.05, 0.1) is 16.9 Å². The van der Waals surface area contributed by atoms with Crippen LogP contribution in [0.15, 0.2) is 51.7 Å². The monoisotopic (exact) mass is 449 g/mol. The lowest BCUT2D eigenvalue weighted by molar-refractivity contribution is 0.978. The van der Waals surface area contributed by atoms with Crippen LogP contribution in [0.5, 0.6) is 0 Å². The Morgan fingerprint density at radius 3 is 2.45 bits per heavy atom. The van der Waals surface area contributed by atoms with Gasteiger partial charge in [0.2, 0.25) is 11.9 Å². The van der Waals surface area contributed by atoms with E-state index in [1.54, 1.807) is 0 Å². The highest BCUT2D eigenvalue weighted by molar-refractivity contribution is 9.10. The summed E-state index contributed by atoms with van der Waals surface area (Å²) in [6.07, 6.45) is 0.520. The van der Waals surface area contributed by atoms with Crippen molar-refractivity contribution in [3.05, 3.63) is 85.4 Å². The normalized spacial score (nSPS) is 11.0. The maximum atomic E-state index is 12.7. The highest BCUT2D eigenvalue weighted by Crippen LogP contribution is 2.20. The maximum absolute atomic E-state index is 12.7. The topological polar surface area (TPSA) is 83.6 Å². The molecule has 0 unspecified atom stereocenters. The predicted molar refractivity (Wildman–Crippen MR) is 119 cm³/mol. The molecule has 0 bridgehead atoms. The van der Waals surface area contributed by atoms with Crippen LogP contribution in [0.1, 0.15) is 28.1 Å². The number of aromatic amines is 1. The van der Waals surface area contributed by atoms with E-state index in [9.17, 15) is 4.79 Å². The van der Waals surface area contributed by atoms with Gasteiger partial charge in [0.15, 0.2) is 0 Å². The average molecular weight is 450 g/mol. The van der Waals surface area contributed by atoms with Crippen molar-refractivity contribution < 1.29 is 0 Å². The van der Waals surface area contributed by atoms with Crippen LogP contribution in [-0.2, 0) is 6.42 Å². The van der Waals surface area contributed by atoms with Gasteiger partial charge in [-0.25, -0.2) is 15.0 Å². The summed E-state index contributed by atoms with van der Waals surface area (Å²) in [6, 6.07) is 14.0. The van der Waals surface area contributed by atoms with E-state index in [1.165, 1.54) is 0 Å². The summed E-state index contributed by atoms with van der Waals surface area (Å²) in [6.45, 7) is 5.80. The number of H-pyrrole nitrogens is 1. The Labute approximate surface area is 176 Å². The molecule has 4 rings (SSSR count). The summed E-state index contributed by atoms with van der Waals surface area (Å²) < 4.78 is 1.01. The SMILES string of the molecule is Cc1ccc2c(C)nc(Nc3nc(C)c(Cc4ccc(Br)cc4)c(=O)[nH]3)nc2c1. The number of benzene rings is 2. The van der Waals surface area contributed by atoms with E-state index >= 15 is 0 Å². The number of aryl methyl sites for hydroxylation is 3.